The van der Waals surface area contributed by atoms with Gasteiger partial charge in [-0.3, -0.25) is 0 Å². The Morgan fingerprint density at radius 1 is 1.00 bits per heavy atom. The first-order valence-corrected chi connectivity index (χ1v) is 5.34. The van der Waals surface area contributed by atoms with Crippen LogP contribution in [0.5, 0.6) is 0 Å². The van der Waals surface area contributed by atoms with E-state index in [0.29, 0.717) is 0 Å². The summed E-state index contributed by atoms with van der Waals surface area (Å²) in [5, 5.41) is 0. The van der Waals surface area contributed by atoms with E-state index in [0.717, 1.165) is 0 Å². The molecule has 0 radical (unpaired) electrons. The van der Waals surface area contributed by atoms with Gasteiger partial charge in [-0.2, -0.15) is 0 Å². The molecule has 0 fully saturated rings. The van der Waals surface area contributed by atoms with Crippen LogP contribution in [-0.4, -0.2) is 22.9 Å². The zero-order valence-corrected chi connectivity index (χ0v) is 11.1. The zero-order chi connectivity index (χ0) is 11.6. The van der Waals surface area contributed by atoms with Gasteiger partial charge in [0.25, 0.3) is 0 Å². The number of allylic oxidation sites excluding steroid dienone is 2. The topological polar surface area (TPSA) is 3.01 Å². The van der Waals surface area contributed by atoms with E-state index < -0.39 is 0 Å². The van der Waals surface area contributed by atoms with Crippen LogP contribution in [0.2, 0.25) is 0 Å². The summed E-state index contributed by atoms with van der Waals surface area (Å²) in [6.07, 6.45) is 4.33. The molecule has 0 aliphatic rings. The minimum atomic E-state index is 0.183. The Morgan fingerprint density at radius 2 is 1.43 bits per heavy atom. The van der Waals surface area contributed by atoms with Crippen LogP contribution in [0, 0.1) is 5.41 Å². The van der Waals surface area contributed by atoms with Crippen molar-refractivity contribution in [2.24, 2.45) is 5.41 Å². The molecular weight excluding hydrogens is 170 g/mol. The minimum Gasteiger partial charge on any atom is -0.231 e. The van der Waals surface area contributed by atoms with Crippen LogP contribution in [0.1, 0.15) is 48.5 Å². The summed E-state index contributed by atoms with van der Waals surface area (Å²) in [7, 11) is 2.17. The second-order valence-electron chi connectivity index (χ2n) is 5.87. The fourth-order valence-corrected chi connectivity index (χ4v) is 1.38. The minimum absolute atomic E-state index is 0.183. The van der Waals surface area contributed by atoms with Crippen molar-refractivity contribution < 1.29 is 4.58 Å². The third-order valence-electron chi connectivity index (χ3n) is 2.46. The maximum Gasteiger partial charge on any atom is 0.181 e. The lowest BCUT2D eigenvalue weighted by Crippen LogP contribution is -2.39. The maximum absolute atomic E-state index is 2.35. The Hall–Kier alpha value is -0.590. The van der Waals surface area contributed by atoms with Crippen molar-refractivity contribution >= 4 is 5.71 Å². The lowest BCUT2D eigenvalue weighted by Gasteiger charge is -2.23. The molecule has 0 bridgehead atoms. The van der Waals surface area contributed by atoms with Crippen molar-refractivity contribution in [3.05, 3.63) is 12.2 Å². The maximum atomic E-state index is 2.35. The first kappa shape index (κ1) is 13.4. The Balaban J connectivity index is 5.40. The van der Waals surface area contributed by atoms with Crippen LogP contribution < -0.4 is 0 Å². The lowest BCUT2D eigenvalue weighted by molar-refractivity contribution is -0.572. The highest BCUT2D eigenvalue weighted by atomic mass is 15.1. The highest BCUT2D eigenvalue weighted by Gasteiger charge is 2.30. The van der Waals surface area contributed by atoms with Gasteiger partial charge in [-0.25, -0.2) is 4.58 Å². The molecule has 0 aliphatic heterocycles. The second kappa shape index (κ2) is 4.29. The third-order valence-corrected chi connectivity index (χ3v) is 2.46. The van der Waals surface area contributed by atoms with Gasteiger partial charge in [-0.15, -0.1) is 0 Å². The SMILES string of the molecule is C/C=C\C(=[N+](C)C(C)(C)C)C(C)(C)C. The Morgan fingerprint density at radius 3 is 1.64 bits per heavy atom. The summed E-state index contributed by atoms with van der Waals surface area (Å²) in [6, 6.07) is 0. The van der Waals surface area contributed by atoms with Gasteiger partial charge in [-0.1, -0.05) is 26.8 Å². The number of nitrogens with zero attached hydrogens (tertiary/aromatic N) is 1. The van der Waals surface area contributed by atoms with Crippen LogP contribution in [0.3, 0.4) is 0 Å². The van der Waals surface area contributed by atoms with E-state index in [2.05, 4.69) is 72.2 Å². The van der Waals surface area contributed by atoms with E-state index in [1.54, 1.807) is 0 Å². The van der Waals surface area contributed by atoms with Gasteiger partial charge in [0, 0.05) is 11.5 Å². The average Bonchev–Trinajstić information content (AvgIpc) is 1.94. The number of rotatable bonds is 1. The van der Waals surface area contributed by atoms with E-state index in [9.17, 15) is 0 Å². The summed E-state index contributed by atoms with van der Waals surface area (Å²) in [5.41, 5.74) is 1.77. The van der Waals surface area contributed by atoms with E-state index in [1.807, 2.05) is 0 Å². The van der Waals surface area contributed by atoms with E-state index >= 15 is 0 Å². The van der Waals surface area contributed by atoms with Gasteiger partial charge >= 0.3 is 0 Å². The molecule has 0 heterocycles. The standard InChI is InChI=1S/C13H26N/c1-9-10-11(12(2,3)4)14(8)13(5,6)7/h9-10H,1-8H3/q+1/b10-9-,14-11?. The van der Waals surface area contributed by atoms with Crippen molar-refractivity contribution in [1.82, 2.24) is 0 Å². The Bertz CT molecular complexity index is 243. The van der Waals surface area contributed by atoms with Crippen molar-refractivity contribution in [2.45, 2.75) is 54.0 Å². The molecule has 0 rings (SSSR count). The molecule has 0 N–H and O–H groups in total. The quantitative estimate of drug-likeness (QED) is 0.446. The van der Waals surface area contributed by atoms with Crippen molar-refractivity contribution in [3.8, 4) is 0 Å². The van der Waals surface area contributed by atoms with Gasteiger partial charge < -0.3 is 0 Å². The predicted octanol–water partition coefficient (Wildman–Crippen LogP) is 3.49. The summed E-state index contributed by atoms with van der Waals surface area (Å²) in [4.78, 5) is 0. The molecule has 0 atom stereocenters. The molecule has 14 heavy (non-hydrogen) atoms. The van der Waals surface area contributed by atoms with Gasteiger partial charge in [0.2, 0.25) is 0 Å². The van der Waals surface area contributed by atoms with Crippen molar-refractivity contribution in [1.29, 1.82) is 0 Å². The molecule has 1 nitrogen and oxygen atoms in total. The monoisotopic (exact) mass is 196 g/mol. The molecule has 82 valence electrons. The third kappa shape index (κ3) is 3.65. The Labute approximate surface area is 89.5 Å². The molecular formula is C13H26N+. The molecule has 1 heteroatoms. The van der Waals surface area contributed by atoms with Gasteiger partial charge in [0.05, 0.1) is 0 Å². The van der Waals surface area contributed by atoms with Crippen LogP contribution in [0.15, 0.2) is 12.2 Å². The fraction of sp³-hybridized carbons (Fsp3) is 0.769. The van der Waals surface area contributed by atoms with E-state index in [-0.39, 0.29) is 11.0 Å². The predicted molar refractivity (Wildman–Crippen MR) is 65.2 cm³/mol. The molecule has 0 aromatic rings. The number of hydrogen-bond acceptors (Lipinski definition) is 0. The highest BCUT2D eigenvalue weighted by molar-refractivity contribution is 5.94. The summed E-state index contributed by atoms with van der Waals surface area (Å²) >= 11 is 0. The van der Waals surface area contributed by atoms with E-state index in [4.69, 9.17) is 0 Å². The largest absolute Gasteiger partial charge is 0.231 e. The molecule has 0 saturated heterocycles. The highest BCUT2D eigenvalue weighted by Crippen LogP contribution is 2.19. The first-order chi connectivity index (χ1) is 6.10. The van der Waals surface area contributed by atoms with Crippen molar-refractivity contribution in [3.63, 3.8) is 0 Å². The summed E-state index contributed by atoms with van der Waals surface area (Å²) in [6.45, 7) is 15.6. The molecule has 0 amide bonds. The summed E-state index contributed by atoms with van der Waals surface area (Å²) < 4.78 is 2.35. The number of hydrogen-bond donors (Lipinski definition) is 0. The van der Waals surface area contributed by atoms with Crippen LogP contribution in [0.25, 0.3) is 0 Å². The summed E-state index contributed by atoms with van der Waals surface area (Å²) in [5.74, 6) is 0. The molecule has 0 aromatic carbocycles. The zero-order valence-electron chi connectivity index (χ0n) is 11.1. The lowest BCUT2D eigenvalue weighted by atomic mass is 9.88. The normalized spacial score (nSPS) is 16.0. The molecule has 0 unspecified atom stereocenters. The molecule has 0 saturated carbocycles. The molecule has 0 aliphatic carbocycles. The Kier molecular flexibility index (Phi) is 4.11. The first-order valence-electron chi connectivity index (χ1n) is 5.34. The average molecular weight is 196 g/mol. The smallest absolute Gasteiger partial charge is 0.181 e. The fourth-order valence-electron chi connectivity index (χ4n) is 1.38. The van der Waals surface area contributed by atoms with Gasteiger partial charge in [-0.05, 0) is 27.7 Å². The van der Waals surface area contributed by atoms with E-state index in [1.165, 1.54) is 5.71 Å². The molecule has 0 aromatic heterocycles. The molecule has 0 spiro atoms. The van der Waals surface area contributed by atoms with Crippen molar-refractivity contribution in [2.75, 3.05) is 7.05 Å². The van der Waals surface area contributed by atoms with Gasteiger partial charge in [0.1, 0.15) is 7.05 Å². The van der Waals surface area contributed by atoms with Crippen LogP contribution in [-0.2, 0) is 0 Å². The van der Waals surface area contributed by atoms with Crippen LogP contribution in [0.4, 0.5) is 0 Å². The van der Waals surface area contributed by atoms with Crippen LogP contribution >= 0.6 is 0 Å². The van der Waals surface area contributed by atoms with Gasteiger partial charge in [0.15, 0.2) is 11.3 Å². The second-order valence-corrected chi connectivity index (χ2v) is 5.87.